The fraction of sp³-hybridized carbons (Fsp3) is 0.480. The van der Waals surface area contributed by atoms with E-state index in [1.165, 1.54) is 25.2 Å². The minimum Gasteiger partial charge on any atom is -0.363 e. The van der Waals surface area contributed by atoms with Crippen molar-refractivity contribution in [2.75, 3.05) is 5.32 Å². The van der Waals surface area contributed by atoms with Crippen molar-refractivity contribution in [3.63, 3.8) is 0 Å². The number of anilines is 1. The Morgan fingerprint density at radius 3 is 2.73 bits per heavy atom. The summed E-state index contributed by atoms with van der Waals surface area (Å²) >= 11 is 3.51. The Balaban J connectivity index is 1.43. The number of pyridine rings is 1. The van der Waals surface area contributed by atoms with Crippen LogP contribution >= 0.6 is 15.9 Å². The average molecular weight is 515 g/mol. The maximum Gasteiger partial charge on any atom is 0.273 e. The molecule has 0 aliphatic heterocycles. The van der Waals surface area contributed by atoms with Gasteiger partial charge >= 0.3 is 0 Å². The molecule has 2 heterocycles. The van der Waals surface area contributed by atoms with E-state index in [9.17, 15) is 13.6 Å². The van der Waals surface area contributed by atoms with E-state index in [1.807, 2.05) is 23.8 Å². The molecule has 1 aromatic carbocycles. The molecule has 5 nitrogen and oxygen atoms in total. The van der Waals surface area contributed by atoms with Gasteiger partial charge in [0.1, 0.15) is 16.6 Å². The number of nitrogens with one attached hydrogen (secondary N) is 1. The van der Waals surface area contributed by atoms with E-state index < -0.39 is 5.92 Å². The standard InChI is InChI=1S/C25H25BrF2N4O/c1-14(16-3-2-4-19-17(16)7-10-25(19,27)28)31-22-18-12-32(24-8-5-15(11-24)6-9-24)23(33)20(26)21(18)29-13-30-22/h2-4,12-15H,5-11H2,1H3,(H,29,30,31)/t14-,15?,24?/m1/s1. The summed E-state index contributed by atoms with van der Waals surface area (Å²) in [7, 11) is 0. The van der Waals surface area contributed by atoms with Gasteiger partial charge in [-0.15, -0.1) is 0 Å². The molecule has 1 atom stereocenters. The highest BCUT2D eigenvalue weighted by atomic mass is 79.9. The molecule has 3 aliphatic rings. The molecule has 172 valence electrons. The summed E-state index contributed by atoms with van der Waals surface area (Å²) in [5.41, 5.74) is 2.11. The van der Waals surface area contributed by atoms with Crippen LogP contribution in [0.2, 0.25) is 0 Å². The van der Waals surface area contributed by atoms with Crippen molar-refractivity contribution in [2.45, 2.75) is 69.4 Å². The highest BCUT2D eigenvalue weighted by Gasteiger charge is 2.47. The number of rotatable bonds is 4. The zero-order valence-corrected chi connectivity index (χ0v) is 20.0. The van der Waals surface area contributed by atoms with Gasteiger partial charge in [0.2, 0.25) is 0 Å². The molecule has 33 heavy (non-hydrogen) atoms. The molecular formula is C25H25BrF2N4O. The average Bonchev–Trinajstić information content (AvgIpc) is 3.50. The summed E-state index contributed by atoms with van der Waals surface area (Å²) in [6, 6.07) is 4.91. The van der Waals surface area contributed by atoms with Crippen LogP contribution in [0.4, 0.5) is 14.6 Å². The van der Waals surface area contributed by atoms with Crippen LogP contribution in [0.1, 0.15) is 68.2 Å². The summed E-state index contributed by atoms with van der Waals surface area (Å²) in [5.74, 6) is -1.46. The number of hydrogen-bond donors (Lipinski definition) is 1. The molecule has 3 aromatic rings. The third-order valence-electron chi connectivity index (χ3n) is 8.09. The second kappa shape index (κ2) is 7.32. The molecule has 6 rings (SSSR count). The Morgan fingerprint density at radius 1 is 1.21 bits per heavy atom. The molecule has 2 fully saturated rings. The Hall–Kier alpha value is -2.35. The predicted molar refractivity (Wildman–Crippen MR) is 127 cm³/mol. The molecule has 0 saturated heterocycles. The first-order valence-electron chi connectivity index (χ1n) is 11.6. The van der Waals surface area contributed by atoms with E-state index in [0.29, 0.717) is 28.1 Å². The SMILES string of the molecule is C[C@@H](Nc1ncnc2c(Br)c(=O)n(C34CCC(CC3)C4)cc12)c1cccc2c1CCC2(F)F. The lowest BCUT2D eigenvalue weighted by Gasteiger charge is -2.30. The summed E-state index contributed by atoms with van der Waals surface area (Å²) in [6.07, 6.45) is 8.98. The lowest BCUT2D eigenvalue weighted by Crippen LogP contribution is -2.38. The molecule has 8 heteroatoms. The number of aromatic nitrogens is 3. The van der Waals surface area contributed by atoms with Crippen molar-refractivity contribution in [1.82, 2.24) is 14.5 Å². The van der Waals surface area contributed by atoms with Crippen molar-refractivity contribution in [3.8, 4) is 0 Å². The lowest BCUT2D eigenvalue weighted by atomic mass is 9.93. The Labute approximate surface area is 198 Å². The zero-order chi connectivity index (χ0) is 23.0. The van der Waals surface area contributed by atoms with Gasteiger partial charge in [0, 0.05) is 23.7 Å². The minimum absolute atomic E-state index is 0.0501. The van der Waals surface area contributed by atoms with Crippen LogP contribution in [-0.2, 0) is 17.9 Å². The number of hydrogen-bond acceptors (Lipinski definition) is 4. The number of benzene rings is 1. The van der Waals surface area contributed by atoms with Crippen LogP contribution in [0.5, 0.6) is 0 Å². The Kier molecular flexibility index (Phi) is 4.70. The van der Waals surface area contributed by atoms with E-state index >= 15 is 0 Å². The van der Waals surface area contributed by atoms with Gasteiger partial charge in [0.15, 0.2) is 0 Å². The molecule has 2 aromatic heterocycles. The van der Waals surface area contributed by atoms with Crippen LogP contribution in [0.3, 0.4) is 0 Å². The van der Waals surface area contributed by atoms with E-state index in [0.717, 1.165) is 35.8 Å². The zero-order valence-electron chi connectivity index (χ0n) is 18.4. The number of fused-ring (bicyclic) bond motifs is 4. The van der Waals surface area contributed by atoms with Crippen molar-refractivity contribution in [2.24, 2.45) is 5.92 Å². The fourth-order valence-electron chi connectivity index (χ4n) is 6.39. The number of alkyl halides is 2. The highest BCUT2D eigenvalue weighted by molar-refractivity contribution is 9.10. The summed E-state index contributed by atoms with van der Waals surface area (Å²) in [5, 5.41) is 4.19. The first-order chi connectivity index (χ1) is 15.8. The van der Waals surface area contributed by atoms with E-state index in [-0.39, 0.29) is 29.1 Å². The number of nitrogens with zero attached hydrogens (tertiary/aromatic N) is 3. The van der Waals surface area contributed by atoms with Crippen LogP contribution in [0.25, 0.3) is 10.9 Å². The van der Waals surface area contributed by atoms with Crippen LogP contribution in [0.15, 0.2) is 40.0 Å². The van der Waals surface area contributed by atoms with Crippen molar-refractivity contribution in [1.29, 1.82) is 0 Å². The third kappa shape index (κ3) is 3.16. The summed E-state index contributed by atoms with van der Waals surface area (Å²) in [6.45, 7) is 1.96. The normalized spacial score (nSPS) is 26.0. The van der Waals surface area contributed by atoms with Gasteiger partial charge in [0.25, 0.3) is 11.5 Å². The van der Waals surface area contributed by atoms with Gasteiger partial charge in [-0.05, 0) is 78.4 Å². The smallest absolute Gasteiger partial charge is 0.273 e. The van der Waals surface area contributed by atoms with Gasteiger partial charge in [-0.1, -0.05) is 18.2 Å². The van der Waals surface area contributed by atoms with Crippen LogP contribution in [-0.4, -0.2) is 14.5 Å². The monoisotopic (exact) mass is 514 g/mol. The van der Waals surface area contributed by atoms with Crippen LogP contribution in [0, 0.1) is 5.92 Å². The van der Waals surface area contributed by atoms with Crippen molar-refractivity contribution < 1.29 is 8.78 Å². The maximum atomic E-state index is 14.3. The highest BCUT2D eigenvalue weighted by Crippen LogP contribution is 2.52. The first-order valence-corrected chi connectivity index (χ1v) is 12.4. The van der Waals surface area contributed by atoms with Crippen molar-refractivity contribution >= 4 is 32.7 Å². The van der Waals surface area contributed by atoms with Gasteiger partial charge in [-0.2, -0.15) is 0 Å². The third-order valence-corrected chi connectivity index (χ3v) is 8.80. The molecule has 1 N–H and O–H groups in total. The summed E-state index contributed by atoms with van der Waals surface area (Å²) < 4.78 is 30.9. The lowest BCUT2D eigenvalue weighted by molar-refractivity contribution is -0.00184. The molecule has 0 amide bonds. The van der Waals surface area contributed by atoms with Gasteiger partial charge < -0.3 is 9.88 Å². The quantitative estimate of drug-likeness (QED) is 0.460. The molecule has 0 spiro atoms. The van der Waals surface area contributed by atoms with Gasteiger partial charge in [-0.25, -0.2) is 18.7 Å². The van der Waals surface area contributed by atoms with E-state index in [4.69, 9.17) is 0 Å². The topological polar surface area (TPSA) is 59.8 Å². The maximum absolute atomic E-state index is 14.3. The van der Waals surface area contributed by atoms with Gasteiger partial charge in [-0.3, -0.25) is 4.79 Å². The molecular weight excluding hydrogens is 490 g/mol. The first kappa shape index (κ1) is 21.2. The van der Waals surface area contributed by atoms with E-state index in [1.54, 1.807) is 6.07 Å². The molecule has 2 bridgehead atoms. The number of halogens is 3. The second-order valence-electron chi connectivity index (χ2n) is 9.92. The fourth-order valence-corrected chi connectivity index (χ4v) is 6.89. The molecule has 0 unspecified atom stereocenters. The Bertz CT molecular complexity index is 1330. The van der Waals surface area contributed by atoms with Crippen LogP contribution < -0.4 is 10.9 Å². The summed E-state index contributed by atoms with van der Waals surface area (Å²) in [4.78, 5) is 22.1. The largest absolute Gasteiger partial charge is 0.363 e. The Morgan fingerprint density at radius 2 is 2.00 bits per heavy atom. The van der Waals surface area contributed by atoms with E-state index in [2.05, 4.69) is 31.2 Å². The molecule has 0 radical (unpaired) electrons. The van der Waals surface area contributed by atoms with Gasteiger partial charge in [0.05, 0.1) is 16.9 Å². The molecule has 3 aliphatic carbocycles. The van der Waals surface area contributed by atoms with Crippen molar-refractivity contribution in [3.05, 3.63) is 62.2 Å². The molecule has 2 saturated carbocycles. The minimum atomic E-state index is -2.77. The predicted octanol–water partition coefficient (Wildman–Crippen LogP) is 6.05. The second-order valence-corrected chi connectivity index (χ2v) is 10.7.